The van der Waals surface area contributed by atoms with Gasteiger partial charge in [0.25, 0.3) is 0 Å². The quantitative estimate of drug-likeness (QED) is 0.702. The molecule has 0 aromatic carbocycles. The molecule has 3 heteroatoms. The molecular weight excluding hydrogens is 246 g/mol. The molecule has 1 aromatic rings. The molecule has 0 amide bonds. The van der Waals surface area contributed by atoms with Crippen LogP contribution >= 0.6 is 0 Å². The average Bonchev–Trinajstić information content (AvgIpc) is 2.38. The fourth-order valence-electron chi connectivity index (χ4n) is 2.07. The van der Waals surface area contributed by atoms with Crippen LogP contribution in [0.25, 0.3) is 0 Å². The number of anilines is 1. The summed E-state index contributed by atoms with van der Waals surface area (Å²) in [5, 5.41) is 0. The number of rotatable bonds is 8. The highest BCUT2D eigenvalue weighted by Crippen LogP contribution is 2.21. The van der Waals surface area contributed by atoms with E-state index in [1.54, 1.807) is 0 Å². The zero-order chi connectivity index (χ0) is 15.0. The third-order valence-electron chi connectivity index (χ3n) is 3.40. The van der Waals surface area contributed by atoms with Crippen LogP contribution < -0.4 is 4.90 Å². The number of aromatic nitrogens is 2. The predicted octanol–water partition coefficient (Wildman–Crippen LogP) is 4.47. The maximum Gasteiger partial charge on any atom is 0.132 e. The Bertz CT molecular complexity index is 382. The second-order valence-electron chi connectivity index (χ2n) is 6.73. The van der Waals surface area contributed by atoms with Gasteiger partial charge in [0.15, 0.2) is 0 Å². The van der Waals surface area contributed by atoms with E-state index in [4.69, 9.17) is 4.98 Å². The fourth-order valence-corrected chi connectivity index (χ4v) is 2.07. The minimum absolute atomic E-state index is 0.365. The van der Waals surface area contributed by atoms with E-state index in [0.717, 1.165) is 37.6 Å². The fraction of sp³-hybridized carbons (Fsp3) is 0.765. The van der Waals surface area contributed by atoms with Crippen molar-refractivity contribution in [3.8, 4) is 0 Å². The van der Waals surface area contributed by atoms with E-state index >= 15 is 0 Å². The van der Waals surface area contributed by atoms with Gasteiger partial charge in [-0.25, -0.2) is 9.97 Å². The Labute approximate surface area is 124 Å². The molecular formula is C17H31N3. The van der Waals surface area contributed by atoms with Crippen LogP contribution in [-0.2, 0) is 6.42 Å². The van der Waals surface area contributed by atoms with E-state index in [1.165, 1.54) is 19.3 Å². The van der Waals surface area contributed by atoms with Gasteiger partial charge in [-0.2, -0.15) is 0 Å². The smallest absolute Gasteiger partial charge is 0.132 e. The molecule has 0 N–H and O–H groups in total. The van der Waals surface area contributed by atoms with Crippen LogP contribution in [-0.4, -0.2) is 23.1 Å². The summed E-state index contributed by atoms with van der Waals surface area (Å²) >= 11 is 0. The monoisotopic (exact) mass is 277 g/mol. The van der Waals surface area contributed by atoms with Gasteiger partial charge < -0.3 is 4.90 Å². The maximum absolute atomic E-state index is 4.73. The Hall–Kier alpha value is -1.12. The third kappa shape index (κ3) is 6.36. The molecule has 20 heavy (non-hydrogen) atoms. The van der Waals surface area contributed by atoms with Crippen molar-refractivity contribution in [2.45, 2.75) is 66.7 Å². The summed E-state index contributed by atoms with van der Waals surface area (Å²) in [5.74, 6) is 2.07. The number of nitrogens with zero attached hydrogens (tertiary/aromatic N) is 3. The highest BCUT2D eigenvalue weighted by Gasteiger charge is 2.15. The summed E-state index contributed by atoms with van der Waals surface area (Å²) in [4.78, 5) is 11.5. The summed E-state index contributed by atoms with van der Waals surface area (Å²) in [5.41, 5.74) is 0.365. The zero-order valence-corrected chi connectivity index (χ0v) is 13.9. The highest BCUT2D eigenvalue weighted by molar-refractivity contribution is 5.37. The standard InChI is InChI=1S/C17H31N3/c1-6-8-13-20(14-11-17(3,4)5)16-10-12-18-15(19-16)9-7-2/h10,12H,6-9,11,13-14H2,1-5H3. The molecule has 0 aliphatic heterocycles. The number of hydrogen-bond acceptors (Lipinski definition) is 3. The number of hydrogen-bond donors (Lipinski definition) is 0. The van der Waals surface area contributed by atoms with Crippen molar-refractivity contribution in [2.75, 3.05) is 18.0 Å². The van der Waals surface area contributed by atoms with Crippen LogP contribution in [0.15, 0.2) is 12.3 Å². The molecule has 0 radical (unpaired) electrons. The van der Waals surface area contributed by atoms with Crippen molar-refractivity contribution >= 4 is 5.82 Å². The van der Waals surface area contributed by atoms with Crippen molar-refractivity contribution < 1.29 is 0 Å². The molecule has 0 saturated heterocycles. The van der Waals surface area contributed by atoms with Gasteiger partial charge in [0.1, 0.15) is 11.6 Å². The van der Waals surface area contributed by atoms with Crippen molar-refractivity contribution in [1.82, 2.24) is 9.97 Å². The Morgan fingerprint density at radius 2 is 1.85 bits per heavy atom. The molecule has 114 valence electrons. The second-order valence-corrected chi connectivity index (χ2v) is 6.73. The van der Waals surface area contributed by atoms with E-state index in [2.05, 4.69) is 50.6 Å². The summed E-state index contributed by atoms with van der Waals surface area (Å²) in [6.07, 6.45) is 7.60. The normalized spacial score (nSPS) is 11.7. The first-order valence-corrected chi connectivity index (χ1v) is 8.03. The van der Waals surface area contributed by atoms with Crippen molar-refractivity contribution in [2.24, 2.45) is 5.41 Å². The summed E-state index contributed by atoms with van der Waals surface area (Å²) in [7, 11) is 0. The van der Waals surface area contributed by atoms with Crippen LogP contribution in [0.4, 0.5) is 5.82 Å². The lowest BCUT2D eigenvalue weighted by Crippen LogP contribution is -2.29. The van der Waals surface area contributed by atoms with E-state index in [0.29, 0.717) is 5.41 Å². The lowest BCUT2D eigenvalue weighted by Gasteiger charge is -2.28. The topological polar surface area (TPSA) is 29.0 Å². The molecule has 3 nitrogen and oxygen atoms in total. The van der Waals surface area contributed by atoms with Crippen molar-refractivity contribution in [1.29, 1.82) is 0 Å². The van der Waals surface area contributed by atoms with Gasteiger partial charge in [-0.3, -0.25) is 0 Å². The van der Waals surface area contributed by atoms with Crippen LogP contribution in [0.3, 0.4) is 0 Å². The van der Waals surface area contributed by atoms with Gasteiger partial charge >= 0.3 is 0 Å². The number of unbranched alkanes of at least 4 members (excludes halogenated alkanes) is 1. The molecule has 0 saturated carbocycles. The second kappa shape index (κ2) is 8.23. The van der Waals surface area contributed by atoms with Gasteiger partial charge in [-0.15, -0.1) is 0 Å². The van der Waals surface area contributed by atoms with Gasteiger partial charge in [0, 0.05) is 25.7 Å². The highest BCUT2D eigenvalue weighted by atomic mass is 15.2. The van der Waals surface area contributed by atoms with E-state index in [9.17, 15) is 0 Å². The lowest BCUT2D eigenvalue weighted by atomic mass is 9.92. The molecule has 0 aliphatic carbocycles. The molecule has 0 fully saturated rings. The molecule has 0 unspecified atom stereocenters. The van der Waals surface area contributed by atoms with Gasteiger partial charge in [0.2, 0.25) is 0 Å². The lowest BCUT2D eigenvalue weighted by molar-refractivity contribution is 0.377. The van der Waals surface area contributed by atoms with E-state index in [1.807, 2.05) is 6.20 Å². The van der Waals surface area contributed by atoms with Gasteiger partial charge in [0.05, 0.1) is 0 Å². The first-order valence-electron chi connectivity index (χ1n) is 8.03. The largest absolute Gasteiger partial charge is 0.356 e. The Balaban J connectivity index is 2.77. The molecule has 0 spiro atoms. The SMILES string of the molecule is CCCCN(CCC(C)(C)C)c1ccnc(CCC)n1. The molecule has 1 aromatic heterocycles. The summed E-state index contributed by atoms with van der Waals surface area (Å²) < 4.78 is 0. The average molecular weight is 277 g/mol. The zero-order valence-electron chi connectivity index (χ0n) is 13.9. The van der Waals surface area contributed by atoms with Crippen molar-refractivity contribution in [3.05, 3.63) is 18.1 Å². The molecule has 1 rings (SSSR count). The van der Waals surface area contributed by atoms with Gasteiger partial charge in [-0.1, -0.05) is 41.0 Å². The first kappa shape index (κ1) is 16.9. The maximum atomic E-state index is 4.73. The molecule has 0 aliphatic rings. The summed E-state index contributed by atoms with van der Waals surface area (Å²) in [6.45, 7) is 13.5. The third-order valence-corrected chi connectivity index (χ3v) is 3.40. The first-order chi connectivity index (χ1) is 9.46. The minimum atomic E-state index is 0.365. The molecule has 0 bridgehead atoms. The van der Waals surface area contributed by atoms with Crippen LogP contribution in [0.2, 0.25) is 0 Å². The van der Waals surface area contributed by atoms with Gasteiger partial charge in [-0.05, 0) is 30.7 Å². The minimum Gasteiger partial charge on any atom is -0.356 e. The molecule has 1 heterocycles. The molecule has 0 atom stereocenters. The van der Waals surface area contributed by atoms with Crippen LogP contribution in [0.1, 0.15) is 66.1 Å². The predicted molar refractivity (Wildman–Crippen MR) is 87.2 cm³/mol. The number of aryl methyl sites for hydroxylation is 1. The van der Waals surface area contributed by atoms with Crippen molar-refractivity contribution in [3.63, 3.8) is 0 Å². The Morgan fingerprint density at radius 1 is 1.10 bits per heavy atom. The Kier molecular flexibility index (Phi) is 6.97. The van der Waals surface area contributed by atoms with E-state index < -0.39 is 0 Å². The van der Waals surface area contributed by atoms with Crippen LogP contribution in [0.5, 0.6) is 0 Å². The van der Waals surface area contributed by atoms with Crippen LogP contribution in [0, 0.1) is 5.41 Å². The van der Waals surface area contributed by atoms with E-state index in [-0.39, 0.29) is 0 Å². The Morgan fingerprint density at radius 3 is 2.45 bits per heavy atom. The summed E-state index contributed by atoms with van der Waals surface area (Å²) in [6, 6.07) is 2.05.